The normalized spacial score (nSPS) is 19.5. The van der Waals surface area contributed by atoms with Crippen LogP contribution in [0.1, 0.15) is 32.8 Å². The molecule has 122 valence electrons. The highest BCUT2D eigenvalue weighted by molar-refractivity contribution is 7.93. The van der Waals surface area contributed by atoms with Crippen molar-refractivity contribution in [3.63, 3.8) is 0 Å². The number of sulfone groups is 1. The molecule has 6 heteroatoms. The van der Waals surface area contributed by atoms with Crippen LogP contribution >= 0.6 is 11.6 Å². The maximum Gasteiger partial charge on any atom is 0.227 e. The summed E-state index contributed by atoms with van der Waals surface area (Å²) in [5.41, 5.74) is 0.886. The van der Waals surface area contributed by atoms with E-state index in [1.54, 1.807) is 37.8 Å². The Morgan fingerprint density at radius 1 is 1.27 bits per heavy atom. The second-order valence-corrected chi connectivity index (χ2v) is 10.1. The molecule has 0 N–H and O–H groups in total. The van der Waals surface area contributed by atoms with Gasteiger partial charge in [-0.15, -0.1) is 0 Å². The highest BCUT2D eigenvalue weighted by atomic mass is 35.5. The fourth-order valence-corrected chi connectivity index (χ4v) is 4.51. The van der Waals surface area contributed by atoms with Gasteiger partial charge in [0.2, 0.25) is 5.91 Å². The van der Waals surface area contributed by atoms with Gasteiger partial charge in [0.25, 0.3) is 0 Å². The molecule has 4 nitrogen and oxygen atoms in total. The third-order valence-corrected chi connectivity index (χ3v) is 7.28. The van der Waals surface area contributed by atoms with Crippen LogP contribution < -0.4 is 0 Å². The van der Waals surface area contributed by atoms with E-state index >= 15 is 0 Å². The van der Waals surface area contributed by atoms with E-state index in [2.05, 4.69) is 0 Å². The predicted octanol–water partition coefficient (Wildman–Crippen LogP) is 2.70. The molecule has 0 aliphatic carbocycles. The number of likely N-dealkylation sites (tertiary alicyclic amines) is 1. The largest absolute Gasteiger partial charge is 0.341 e. The first-order valence-corrected chi connectivity index (χ1v) is 9.29. The van der Waals surface area contributed by atoms with Gasteiger partial charge in [0, 0.05) is 18.1 Å². The van der Waals surface area contributed by atoms with Crippen LogP contribution in [0.5, 0.6) is 0 Å². The second-order valence-electron chi connectivity index (χ2n) is 6.71. The number of carbonyl (C=O) groups excluding carboxylic acids is 1. The Hall–Kier alpha value is -1.07. The highest BCUT2D eigenvalue weighted by Gasteiger charge is 2.41. The number of hydrogen-bond acceptors (Lipinski definition) is 3. The van der Waals surface area contributed by atoms with E-state index in [1.165, 1.54) is 0 Å². The van der Waals surface area contributed by atoms with Crippen molar-refractivity contribution in [2.45, 2.75) is 43.6 Å². The van der Waals surface area contributed by atoms with E-state index in [9.17, 15) is 13.2 Å². The maximum atomic E-state index is 12.5. The van der Waals surface area contributed by atoms with Gasteiger partial charge in [0.05, 0.1) is 16.4 Å². The van der Waals surface area contributed by atoms with E-state index in [0.29, 0.717) is 24.5 Å². The van der Waals surface area contributed by atoms with Gasteiger partial charge in [-0.05, 0) is 44.9 Å². The molecule has 1 aromatic carbocycles. The molecule has 1 amide bonds. The molecule has 0 spiro atoms. The monoisotopic (exact) mass is 343 g/mol. The summed E-state index contributed by atoms with van der Waals surface area (Å²) >= 11 is 5.83. The first-order chi connectivity index (χ1) is 10.1. The van der Waals surface area contributed by atoms with Gasteiger partial charge < -0.3 is 4.90 Å². The Morgan fingerprint density at radius 2 is 1.86 bits per heavy atom. The quantitative estimate of drug-likeness (QED) is 0.847. The van der Waals surface area contributed by atoms with Crippen LogP contribution in [-0.4, -0.2) is 42.3 Å². The molecule has 1 aliphatic rings. The number of rotatable bonds is 3. The lowest BCUT2D eigenvalue weighted by atomic mass is 10.1. The number of carbonyl (C=O) groups is 1. The maximum absolute atomic E-state index is 12.5. The van der Waals surface area contributed by atoms with Gasteiger partial charge in [-0.1, -0.05) is 23.7 Å². The van der Waals surface area contributed by atoms with Crippen LogP contribution in [0.25, 0.3) is 0 Å². The number of hydrogen-bond donors (Lipinski definition) is 0. The molecule has 1 saturated heterocycles. The molecule has 1 heterocycles. The Balaban J connectivity index is 2.01. The number of benzene rings is 1. The molecular formula is C16H22ClNO3S. The van der Waals surface area contributed by atoms with Gasteiger partial charge in [-0.25, -0.2) is 8.42 Å². The molecule has 2 rings (SSSR count). The highest BCUT2D eigenvalue weighted by Crippen LogP contribution is 2.27. The average molecular weight is 344 g/mol. The molecule has 1 aliphatic heterocycles. The van der Waals surface area contributed by atoms with Crippen molar-refractivity contribution in [3.8, 4) is 0 Å². The lowest BCUT2D eigenvalue weighted by Gasteiger charge is -2.24. The zero-order valence-corrected chi connectivity index (χ0v) is 14.7. The number of halogens is 1. The predicted molar refractivity (Wildman–Crippen MR) is 88.8 cm³/mol. The number of amides is 1. The first kappa shape index (κ1) is 17.3. The SMILES string of the molecule is CC(C)(C)S(=O)(=O)C1CCN(C(=O)Cc2ccc(Cl)cc2)C1. The van der Waals surface area contributed by atoms with Crippen molar-refractivity contribution < 1.29 is 13.2 Å². The van der Waals surface area contributed by atoms with E-state index in [4.69, 9.17) is 11.6 Å². The average Bonchev–Trinajstić information content (AvgIpc) is 2.90. The van der Waals surface area contributed by atoms with Crippen LogP contribution in [0.3, 0.4) is 0 Å². The second kappa shape index (κ2) is 6.20. The molecule has 22 heavy (non-hydrogen) atoms. The van der Waals surface area contributed by atoms with Gasteiger partial charge in [-0.2, -0.15) is 0 Å². The summed E-state index contributed by atoms with van der Waals surface area (Å²) in [6.45, 7) is 5.93. The number of nitrogens with zero attached hydrogens (tertiary/aromatic N) is 1. The summed E-state index contributed by atoms with van der Waals surface area (Å²) < 4.78 is 24.1. The summed E-state index contributed by atoms with van der Waals surface area (Å²) in [7, 11) is -3.23. The van der Waals surface area contributed by atoms with E-state index in [-0.39, 0.29) is 12.3 Å². The van der Waals surface area contributed by atoms with Crippen LogP contribution in [0.2, 0.25) is 5.02 Å². The Kier molecular flexibility index (Phi) is 4.87. The molecule has 1 fully saturated rings. The fourth-order valence-electron chi connectivity index (χ4n) is 2.60. The van der Waals surface area contributed by atoms with E-state index < -0.39 is 19.8 Å². The lowest BCUT2D eigenvalue weighted by Crippen LogP contribution is -2.40. The molecule has 0 bridgehead atoms. The van der Waals surface area contributed by atoms with Crippen molar-refractivity contribution in [2.75, 3.05) is 13.1 Å². The molecule has 1 atom stereocenters. The topological polar surface area (TPSA) is 54.5 Å². The van der Waals surface area contributed by atoms with Crippen molar-refractivity contribution >= 4 is 27.3 Å². The van der Waals surface area contributed by atoms with Crippen molar-refractivity contribution in [2.24, 2.45) is 0 Å². The zero-order chi connectivity index (χ0) is 16.5. The third kappa shape index (κ3) is 3.63. The summed E-state index contributed by atoms with van der Waals surface area (Å²) in [6, 6.07) is 7.14. The van der Waals surface area contributed by atoms with Crippen LogP contribution in [-0.2, 0) is 21.1 Å². The van der Waals surface area contributed by atoms with Gasteiger partial charge in [0.15, 0.2) is 9.84 Å². The molecule has 1 unspecified atom stereocenters. The summed E-state index contributed by atoms with van der Waals surface area (Å²) in [4.78, 5) is 14.0. The lowest BCUT2D eigenvalue weighted by molar-refractivity contribution is -0.129. The Bertz CT molecular complexity index is 647. The zero-order valence-electron chi connectivity index (χ0n) is 13.2. The Labute approximate surface area is 137 Å². The summed E-state index contributed by atoms with van der Waals surface area (Å²) in [5.74, 6) is -0.0334. The van der Waals surface area contributed by atoms with Crippen molar-refractivity contribution in [1.29, 1.82) is 0 Å². The van der Waals surface area contributed by atoms with Crippen LogP contribution in [0.4, 0.5) is 0 Å². The van der Waals surface area contributed by atoms with E-state index in [0.717, 1.165) is 5.56 Å². The van der Waals surface area contributed by atoms with Gasteiger partial charge in [-0.3, -0.25) is 4.79 Å². The van der Waals surface area contributed by atoms with Gasteiger partial charge >= 0.3 is 0 Å². The van der Waals surface area contributed by atoms with E-state index in [1.807, 2.05) is 12.1 Å². The Morgan fingerprint density at radius 3 is 2.41 bits per heavy atom. The molecule has 0 aromatic heterocycles. The fraction of sp³-hybridized carbons (Fsp3) is 0.562. The molecule has 0 radical (unpaired) electrons. The minimum atomic E-state index is -3.23. The van der Waals surface area contributed by atoms with Crippen LogP contribution in [0, 0.1) is 0 Å². The molecule has 1 aromatic rings. The molecule has 0 saturated carbocycles. The van der Waals surface area contributed by atoms with Crippen molar-refractivity contribution in [1.82, 2.24) is 4.90 Å². The summed E-state index contributed by atoms with van der Waals surface area (Å²) in [6.07, 6.45) is 0.797. The minimum absolute atomic E-state index is 0.0334. The smallest absolute Gasteiger partial charge is 0.227 e. The first-order valence-electron chi connectivity index (χ1n) is 7.37. The summed E-state index contributed by atoms with van der Waals surface area (Å²) in [5, 5.41) is 0.176. The van der Waals surface area contributed by atoms with Crippen LogP contribution in [0.15, 0.2) is 24.3 Å². The van der Waals surface area contributed by atoms with Gasteiger partial charge in [0.1, 0.15) is 0 Å². The standard InChI is InChI=1S/C16H22ClNO3S/c1-16(2,3)22(20,21)14-8-9-18(11-14)15(19)10-12-4-6-13(17)7-5-12/h4-7,14H,8-11H2,1-3H3. The van der Waals surface area contributed by atoms with Crippen molar-refractivity contribution in [3.05, 3.63) is 34.9 Å². The third-order valence-electron chi connectivity index (χ3n) is 4.06. The molecular weight excluding hydrogens is 322 g/mol. The minimum Gasteiger partial charge on any atom is -0.341 e.